The molecule has 0 spiro atoms. The molecule has 1 aliphatic heterocycles. The first-order valence-electron chi connectivity index (χ1n) is 13.2. The molecule has 2 aromatic carbocycles. The van der Waals surface area contributed by atoms with Crippen LogP contribution in [0.4, 0.5) is 0 Å². The van der Waals surface area contributed by atoms with E-state index < -0.39 is 15.9 Å². The van der Waals surface area contributed by atoms with E-state index in [0.29, 0.717) is 68.6 Å². The fraction of sp³-hybridized carbons (Fsp3) is 0.429. The third-order valence-electron chi connectivity index (χ3n) is 6.66. The molecule has 4 rings (SSSR count). The van der Waals surface area contributed by atoms with Gasteiger partial charge >= 0.3 is 0 Å². The van der Waals surface area contributed by atoms with E-state index in [1.807, 2.05) is 51.2 Å². The summed E-state index contributed by atoms with van der Waals surface area (Å²) in [5, 5.41) is 4.69. The van der Waals surface area contributed by atoms with Gasteiger partial charge in [-0.15, -0.1) is 0 Å². The lowest BCUT2D eigenvalue weighted by atomic mass is 10.0. The third kappa shape index (κ3) is 6.50. The van der Waals surface area contributed by atoms with Crippen molar-refractivity contribution >= 4 is 15.9 Å². The SMILES string of the molecule is CCCn1nc(COCc2ccccc2)c(C(N)=O)c1-c1cc(S(=O)(=O)N2CCN(C)CC2)ccc1OCC. The molecular formula is C28H37N5O5S. The van der Waals surface area contributed by atoms with Gasteiger partial charge in [-0.25, -0.2) is 8.42 Å². The van der Waals surface area contributed by atoms with Gasteiger partial charge in [-0.1, -0.05) is 37.3 Å². The molecule has 39 heavy (non-hydrogen) atoms. The number of nitrogens with two attached hydrogens (primary N) is 1. The molecule has 3 aromatic rings. The average molecular weight is 556 g/mol. The molecule has 1 aromatic heterocycles. The number of piperazine rings is 1. The van der Waals surface area contributed by atoms with Crippen LogP contribution in [0.2, 0.25) is 0 Å². The van der Waals surface area contributed by atoms with E-state index in [1.54, 1.807) is 22.9 Å². The van der Waals surface area contributed by atoms with Gasteiger partial charge in [0.15, 0.2) is 0 Å². The molecule has 0 bridgehead atoms. The molecular weight excluding hydrogens is 518 g/mol. The van der Waals surface area contributed by atoms with Crippen LogP contribution in [-0.4, -0.2) is 73.1 Å². The first-order chi connectivity index (χ1) is 18.8. The van der Waals surface area contributed by atoms with Gasteiger partial charge in [0.05, 0.1) is 36.0 Å². The number of primary amides is 1. The van der Waals surface area contributed by atoms with E-state index in [2.05, 4.69) is 10.00 Å². The molecule has 1 amide bonds. The van der Waals surface area contributed by atoms with Crippen molar-refractivity contribution in [3.8, 4) is 17.0 Å². The zero-order valence-corrected chi connectivity index (χ0v) is 23.6. The number of carbonyl (C=O) groups is 1. The standard InChI is InChI=1S/C28H37N5O5S/c1-4-13-33-27(26(28(29)34)24(30-33)20-37-19-21-9-7-6-8-10-21)23-18-22(11-12-25(23)38-5-2)39(35,36)32-16-14-31(3)15-17-32/h6-12,18H,4-5,13-17,19-20H2,1-3H3,(H2,29,34). The number of hydrogen-bond acceptors (Lipinski definition) is 7. The van der Waals surface area contributed by atoms with Gasteiger partial charge in [0.1, 0.15) is 11.4 Å². The number of aromatic nitrogens is 2. The number of carbonyl (C=O) groups excluding carboxylic acids is 1. The minimum absolute atomic E-state index is 0.0696. The van der Waals surface area contributed by atoms with E-state index in [1.165, 1.54) is 4.31 Å². The Labute approximate surface area is 230 Å². The molecule has 10 nitrogen and oxygen atoms in total. The first kappa shape index (κ1) is 28.8. The predicted molar refractivity (Wildman–Crippen MR) is 149 cm³/mol. The number of aryl methyl sites for hydroxylation is 1. The van der Waals surface area contributed by atoms with Gasteiger partial charge in [0.25, 0.3) is 5.91 Å². The number of hydrogen-bond donors (Lipinski definition) is 1. The molecule has 0 unspecified atom stereocenters. The summed E-state index contributed by atoms with van der Waals surface area (Å²) in [5.74, 6) is -0.216. The molecule has 1 fully saturated rings. The highest BCUT2D eigenvalue weighted by Crippen LogP contribution is 2.37. The average Bonchev–Trinajstić information content (AvgIpc) is 3.28. The van der Waals surface area contributed by atoms with Crippen LogP contribution >= 0.6 is 0 Å². The highest BCUT2D eigenvalue weighted by Gasteiger charge is 2.31. The van der Waals surface area contributed by atoms with Crippen molar-refractivity contribution in [1.82, 2.24) is 19.0 Å². The van der Waals surface area contributed by atoms with Crippen molar-refractivity contribution in [3.05, 3.63) is 65.4 Å². The third-order valence-corrected chi connectivity index (χ3v) is 8.56. The molecule has 1 aliphatic rings. The minimum atomic E-state index is -3.76. The Kier molecular flexibility index (Phi) is 9.39. The van der Waals surface area contributed by atoms with Crippen LogP contribution in [0.25, 0.3) is 11.3 Å². The first-order valence-corrected chi connectivity index (χ1v) is 14.7. The minimum Gasteiger partial charge on any atom is -0.493 e. The van der Waals surface area contributed by atoms with E-state index in [4.69, 9.17) is 15.2 Å². The highest BCUT2D eigenvalue weighted by atomic mass is 32.2. The maximum Gasteiger partial charge on any atom is 0.252 e. The molecule has 210 valence electrons. The number of nitrogens with zero attached hydrogens (tertiary/aromatic N) is 4. The lowest BCUT2D eigenvalue weighted by molar-refractivity contribution is 0.0959. The zero-order chi connectivity index (χ0) is 28.0. The summed E-state index contributed by atoms with van der Waals surface area (Å²) >= 11 is 0. The predicted octanol–water partition coefficient (Wildman–Crippen LogP) is 3.11. The fourth-order valence-electron chi connectivity index (χ4n) is 4.67. The van der Waals surface area contributed by atoms with E-state index in [0.717, 1.165) is 12.0 Å². The lowest BCUT2D eigenvalue weighted by Gasteiger charge is -2.31. The Morgan fingerprint density at radius 2 is 1.74 bits per heavy atom. The van der Waals surface area contributed by atoms with Gasteiger partial charge in [-0.3, -0.25) is 9.48 Å². The van der Waals surface area contributed by atoms with E-state index >= 15 is 0 Å². The number of sulfonamides is 1. The molecule has 0 aliphatic carbocycles. The van der Waals surface area contributed by atoms with Crippen molar-refractivity contribution in [1.29, 1.82) is 0 Å². The van der Waals surface area contributed by atoms with Crippen LogP contribution in [0.5, 0.6) is 5.75 Å². The molecule has 1 saturated heterocycles. The van der Waals surface area contributed by atoms with E-state index in [9.17, 15) is 13.2 Å². The van der Waals surface area contributed by atoms with Gasteiger partial charge in [-0.05, 0) is 44.2 Å². The Bertz CT molecular complexity index is 1380. The number of ether oxygens (including phenoxy) is 2. The van der Waals surface area contributed by atoms with Crippen LogP contribution in [0.15, 0.2) is 53.4 Å². The number of rotatable bonds is 12. The second-order valence-electron chi connectivity index (χ2n) is 9.53. The number of likely N-dealkylation sites (N-methyl/N-ethyl adjacent to an activating group) is 1. The summed E-state index contributed by atoms with van der Waals surface area (Å²) in [6, 6.07) is 14.5. The molecule has 0 atom stereocenters. The Hall–Kier alpha value is -3.25. The summed E-state index contributed by atoms with van der Waals surface area (Å²) in [6.45, 7) is 7.24. The summed E-state index contributed by atoms with van der Waals surface area (Å²) < 4.78 is 42.2. The van der Waals surface area contributed by atoms with Gasteiger partial charge in [0.2, 0.25) is 10.0 Å². The van der Waals surface area contributed by atoms with Gasteiger partial charge in [-0.2, -0.15) is 9.40 Å². The molecule has 0 radical (unpaired) electrons. The number of amides is 1. The monoisotopic (exact) mass is 555 g/mol. The Morgan fingerprint density at radius 1 is 1.03 bits per heavy atom. The van der Waals surface area contributed by atoms with Crippen molar-refractivity contribution < 1.29 is 22.7 Å². The summed E-state index contributed by atoms with van der Waals surface area (Å²) in [4.78, 5) is 15.1. The van der Waals surface area contributed by atoms with Crippen molar-refractivity contribution in [2.45, 2.75) is 44.9 Å². The zero-order valence-electron chi connectivity index (χ0n) is 22.8. The second kappa shape index (κ2) is 12.7. The summed E-state index contributed by atoms with van der Waals surface area (Å²) in [5.41, 5.74) is 8.38. The van der Waals surface area contributed by atoms with E-state index in [-0.39, 0.29) is 17.1 Å². The smallest absolute Gasteiger partial charge is 0.252 e. The lowest BCUT2D eigenvalue weighted by Crippen LogP contribution is -2.47. The summed E-state index contributed by atoms with van der Waals surface area (Å²) in [7, 11) is -1.79. The molecule has 2 N–H and O–H groups in total. The van der Waals surface area contributed by atoms with Crippen LogP contribution in [0.3, 0.4) is 0 Å². The maximum absolute atomic E-state index is 13.6. The van der Waals surface area contributed by atoms with Gasteiger partial charge < -0.3 is 20.1 Å². The highest BCUT2D eigenvalue weighted by molar-refractivity contribution is 7.89. The largest absolute Gasteiger partial charge is 0.493 e. The number of benzene rings is 2. The van der Waals surface area contributed by atoms with Crippen LogP contribution in [0.1, 0.15) is 41.9 Å². The normalized spacial score (nSPS) is 14.9. The Morgan fingerprint density at radius 3 is 2.38 bits per heavy atom. The summed E-state index contributed by atoms with van der Waals surface area (Å²) in [6.07, 6.45) is 0.737. The molecule has 2 heterocycles. The van der Waals surface area contributed by atoms with Gasteiger partial charge in [0, 0.05) is 38.3 Å². The van der Waals surface area contributed by atoms with Crippen LogP contribution < -0.4 is 10.5 Å². The van der Waals surface area contributed by atoms with Crippen molar-refractivity contribution in [2.24, 2.45) is 5.73 Å². The maximum atomic E-state index is 13.6. The Balaban J connectivity index is 1.77. The fourth-order valence-corrected chi connectivity index (χ4v) is 6.12. The topological polar surface area (TPSA) is 120 Å². The second-order valence-corrected chi connectivity index (χ2v) is 11.5. The van der Waals surface area contributed by atoms with Crippen molar-refractivity contribution in [3.63, 3.8) is 0 Å². The van der Waals surface area contributed by atoms with Crippen LogP contribution in [0, 0.1) is 0 Å². The van der Waals surface area contributed by atoms with Crippen molar-refractivity contribution in [2.75, 3.05) is 39.8 Å². The quantitative estimate of drug-likeness (QED) is 0.365. The molecule has 11 heteroatoms. The van der Waals surface area contributed by atoms with Crippen LogP contribution in [-0.2, 0) is 34.5 Å². The molecule has 0 saturated carbocycles.